The number of nitrogens with one attached hydrogen (secondary N) is 1. The number of esters is 1. The summed E-state index contributed by atoms with van der Waals surface area (Å²) in [5, 5.41) is 11.0. The molecule has 10 heteroatoms. The largest absolute Gasteiger partial charge is 0.480 e. The van der Waals surface area contributed by atoms with Crippen molar-refractivity contribution < 1.29 is 38.5 Å². The van der Waals surface area contributed by atoms with Crippen LogP contribution in [0.25, 0.3) is 5.53 Å². The van der Waals surface area contributed by atoms with Crippen molar-refractivity contribution in [2.24, 2.45) is 0 Å². The van der Waals surface area contributed by atoms with E-state index in [2.05, 4.69) is 20.8 Å². The molecule has 0 aliphatic heterocycles. The minimum absolute atomic E-state index is 0.105. The van der Waals surface area contributed by atoms with Crippen LogP contribution >= 0.6 is 0 Å². The van der Waals surface area contributed by atoms with Crippen molar-refractivity contribution in [3.63, 3.8) is 0 Å². The molecule has 23 heavy (non-hydrogen) atoms. The normalized spacial score (nSPS) is 12.1. The van der Waals surface area contributed by atoms with E-state index >= 15 is 0 Å². The zero-order valence-corrected chi connectivity index (χ0v) is 12.6. The molecule has 2 atom stereocenters. The number of carbonyl (C=O) groups excluding carboxylic acids is 3. The molecule has 0 aromatic rings. The molecule has 0 aromatic carbocycles. The van der Waals surface area contributed by atoms with E-state index in [1.54, 1.807) is 0 Å². The van der Waals surface area contributed by atoms with Gasteiger partial charge in [0, 0.05) is 18.9 Å². The van der Waals surface area contributed by atoms with Gasteiger partial charge < -0.3 is 25.4 Å². The van der Waals surface area contributed by atoms with Crippen molar-refractivity contribution >= 4 is 30.0 Å². The summed E-state index contributed by atoms with van der Waals surface area (Å²) in [6.07, 6.45) is -2.27. The molecule has 2 unspecified atom stereocenters. The van der Waals surface area contributed by atoms with Crippen LogP contribution in [-0.4, -0.2) is 52.3 Å². The average molecular weight is 327 g/mol. The number of nitrogens with zero attached hydrogens (tertiary/aromatic N) is 2. The lowest BCUT2D eigenvalue weighted by Crippen LogP contribution is -2.42. The second-order valence-corrected chi connectivity index (χ2v) is 4.44. The number of hydrogen-bond donors (Lipinski definition) is 2. The molecule has 0 aliphatic carbocycles. The van der Waals surface area contributed by atoms with Crippen LogP contribution in [0.2, 0.25) is 0 Å². The number of carboxylic acid groups (broad SMARTS) is 1. The summed E-state index contributed by atoms with van der Waals surface area (Å²) >= 11 is 0. The molecule has 0 aromatic heterocycles. The maximum absolute atomic E-state index is 11.5. The number of hydrogen-bond acceptors (Lipinski definition) is 6. The van der Waals surface area contributed by atoms with E-state index < -0.39 is 36.1 Å². The van der Waals surface area contributed by atoms with Gasteiger partial charge in [0.05, 0.1) is 0 Å². The Morgan fingerprint density at radius 1 is 1.35 bits per heavy atom. The third-order valence-electron chi connectivity index (χ3n) is 2.37. The van der Waals surface area contributed by atoms with Crippen molar-refractivity contribution in [3.05, 3.63) is 17.7 Å². The average Bonchev–Trinajstić information content (AvgIpc) is 2.42. The Morgan fingerprint density at radius 3 is 2.43 bits per heavy atom. The predicted molar refractivity (Wildman–Crippen MR) is 75.3 cm³/mol. The van der Waals surface area contributed by atoms with Gasteiger partial charge in [-0.1, -0.05) is 6.58 Å². The van der Waals surface area contributed by atoms with Gasteiger partial charge in [0.15, 0.2) is 0 Å². The molecule has 10 nitrogen and oxygen atoms in total. The van der Waals surface area contributed by atoms with Gasteiger partial charge in [-0.05, 0) is 13.3 Å². The Hall–Kier alpha value is -3.00. The fourth-order valence-corrected chi connectivity index (χ4v) is 1.28. The van der Waals surface area contributed by atoms with Crippen molar-refractivity contribution in [3.8, 4) is 0 Å². The number of rotatable bonds is 9. The first-order valence-corrected chi connectivity index (χ1v) is 6.44. The Kier molecular flexibility index (Phi) is 8.56. The smallest absolute Gasteiger partial charge is 0.410 e. The zero-order chi connectivity index (χ0) is 18.0. The first-order chi connectivity index (χ1) is 10.7. The quantitative estimate of drug-likeness (QED) is 0.154. The molecule has 0 bridgehead atoms. The lowest BCUT2D eigenvalue weighted by atomic mass is 10.1. The van der Waals surface area contributed by atoms with Crippen molar-refractivity contribution in [2.75, 3.05) is 0 Å². The molecule has 2 N–H and O–H groups in total. The molecule has 0 saturated heterocycles. The lowest BCUT2D eigenvalue weighted by Gasteiger charge is -2.17. The highest BCUT2D eigenvalue weighted by atomic mass is 16.7. The molecular weight excluding hydrogens is 310 g/mol. The zero-order valence-electron chi connectivity index (χ0n) is 12.6. The van der Waals surface area contributed by atoms with E-state index in [4.69, 9.17) is 10.6 Å². The molecule has 0 rings (SSSR count). The topological polar surface area (TPSA) is 155 Å². The van der Waals surface area contributed by atoms with E-state index in [1.807, 2.05) is 5.32 Å². The summed E-state index contributed by atoms with van der Waals surface area (Å²) < 4.78 is 9.34. The van der Waals surface area contributed by atoms with Gasteiger partial charge in [0.25, 0.3) is 0 Å². The van der Waals surface area contributed by atoms with Gasteiger partial charge >= 0.3 is 24.2 Å². The standard InChI is InChI=1S/C13H17N3O7/c1-7(2)12(20)22-8(3)23-13(21)16-10(11(18)19)5-4-9(17)6-15-14/h6,8,10H,1,4-5H2,2-3H3,(H,16,21)(H,18,19). The van der Waals surface area contributed by atoms with Crippen molar-refractivity contribution in [1.82, 2.24) is 5.32 Å². The van der Waals surface area contributed by atoms with E-state index in [9.17, 15) is 19.2 Å². The second-order valence-electron chi connectivity index (χ2n) is 4.44. The molecule has 0 aliphatic rings. The van der Waals surface area contributed by atoms with E-state index in [1.165, 1.54) is 13.8 Å². The molecule has 0 heterocycles. The maximum atomic E-state index is 11.5. The number of carbonyl (C=O) groups is 4. The van der Waals surface area contributed by atoms with Crippen LogP contribution in [0.15, 0.2) is 12.2 Å². The minimum Gasteiger partial charge on any atom is -0.480 e. The third-order valence-corrected chi connectivity index (χ3v) is 2.37. The monoisotopic (exact) mass is 327 g/mol. The van der Waals surface area contributed by atoms with Gasteiger partial charge in [0.2, 0.25) is 12.1 Å². The number of Topliss-reactive ketones (excluding diaryl/α,β-unsaturated/α-hetero) is 1. The first kappa shape index (κ1) is 20.0. The van der Waals surface area contributed by atoms with Gasteiger partial charge in [-0.15, -0.1) is 0 Å². The number of ketones is 1. The van der Waals surface area contributed by atoms with Gasteiger partial charge in [0.1, 0.15) is 6.04 Å². The molecule has 0 spiro atoms. The lowest BCUT2D eigenvalue weighted by molar-refractivity contribution is -0.160. The number of amides is 1. The Morgan fingerprint density at radius 2 is 1.96 bits per heavy atom. The van der Waals surface area contributed by atoms with Crippen molar-refractivity contribution in [2.45, 2.75) is 39.0 Å². The molecule has 126 valence electrons. The number of alkyl carbamates (subject to hydrolysis) is 1. The molecule has 0 radical (unpaired) electrons. The third kappa shape index (κ3) is 8.79. The SMILES string of the molecule is C=C(C)C(=O)OC(C)OC(=O)NC(CCC(=O)C=[N+]=[N-])C(=O)O. The number of carboxylic acids is 1. The summed E-state index contributed by atoms with van der Waals surface area (Å²) in [5.74, 6) is -2.77. The highest BCUT2D eigenvalue weighted by Gasteiger charge is 2.23. The minimum atomic E-state index is -1.40. The summed E-state index contributed by atoms with van der Waals surface area (Å²) in [6, 6.07) is -1.40. The van der Waals surface area contributed by atoms with Crippen LogP contribution in [0, 0.1) is 0 Å². The fourth-order valence-electron chi connectivity index (χ4n) is 1.28. The van der Waals surface area contributed by atoms with Crippen LogP contribution in [0.5, 0.6) is 0 Å². The van der Waals surface area contributed by atoms with Crippen LogP contribution in [0.3, 0.4) is 0 Å². The molecule has 0 fully saturated rings. The Balaban J connectivity index is 4.47. The summed E-state index contributed by atoms with van der Waals surface area (Å²) in [5.41, 5.74) is 8.27. The van der Waals surface area contributed by atoms with Gasteiger partial charge in [-0.3, -0.25) is 4.79 Å². The molecule has 1 amide bonds. The molecular formula is C13H17N3O7. The second kappa shape index (κ2) is 9.85. The first-order valence-electron chi connectivity index (χ1n) is 6.44. The van der Waals surface area contributed by atoms with Gasteiger partial charge in [-0.25, -0.2) is 14.4 Å². The summed E-state index contributed by atoms with van der Waals surface area (Å²) in [4.78, 5) is 47.3. The summed E-state index contributed by atoms with van der Waals surface area (Å²) in [6.45, 7) is 6.01. The van der Waals surface area contributed by atoms with Crippen molar-refractivity contribution in [1.29, 1.82) is 0 Å². The maximum Gasteiger partial charge on any atom is 0.410 e. The fraction of sp³-hybridized carbons (Fsp3) is 0.462. The molecule has 0 saturated carbocycles. The predicted octanol–water partition coefficient (Wildman–Crippen LogP) is 0.281. The van der Waals surface area contributed by atoms with Gasteiger partial charge in [-0.2, -0.15) is 4.79 Å². The van der Waals surface area contributed by atoms with E-state index in [-0.39, 0.29) is 18.4 Å². The van der Waals surface area contributed by atoms with Crippen LogP contribution < -0.4 is 5.32 Å². The number of ether oxygens (including phenoxy) is 2. The number of aliphatic carboxylic acids is 1. The van der Waals surface area contributed by atoms with Crippen LogP contribution in [0.4, 0.5) is 4.79 Å². The van der Waals surface area contributed by atoms with Crippen LogP contribution in [0.1, 0.15) is 26.7 Å². The van der Waals surface area contributed by atoms with E-state index in [0.29, 0.717) is 6.21 Å². The highest BCUT2D eigenvalue weighted by Crippen LogP contribution is 2.03. The Labute approximate surface area is 131 Å². The highest BCUT2D eigenvalue weighted by molar-refractivity contribution is 6.25. The summed E-state index contributed by atoms with van der Waals surface area (Å²) in [7, 11) is 0. The Bertz CT molecular complexity index is 552. The van der Waals surface area contributed by atoms with Crippen LogP contribution in [-0.2, 0) is 23.9 Å². The van der Waals surface area contributed by atoms with E-state index in [0.717, 1.165) is 0 Å².